The van der Waals surface area contributed by atoms with Gasteiger partial charge in [-0.3, -0.25) is 0 Å². The molecule has 0 radical (unpaired) electrons. The largest absolute Gasteiger partial charge is 0.544 e. The maximum absolute atomic E-state index is 10.5. The molecule has 0 atom stereocenters. The van der Waals surface area contributed by atoms with E-state index >= 15 is 0 Å². The van der Waals surface area contributed by atoms with Crippen LogP contribution in [0.5, 0.6) is 0 Å². The summed E-state index contributed by atoms with van der Waals surface area (Å²) in [6, 6.07) is 3.52. The molecule has 78 valence electrons. The molecule has 0 spiro atoms. The van der Waals surface area contributed by atoms with Crippen LogP contribution in [0.15, 0.2) is 12.1 Å². The monoisotopic (exact) mass is 211 g/mol. The van der Waals surface area contributed by atoms with Gasteiger partial charge in [0.15, 0.2) is 0 Å². The van der Waals surface area contributed by atoms with Crippen LogP contribution in [0.4, 0.5) is 0 Å². The number of thiophene rings is 1. The third-order valence-electron chi connectivity index (χ3n) is 2.14. The molecular weight excluding hydrogens is 196 g/mol. The fourth-order valence-corrected chi connectivity index (χ4v) is 2.23. The van der Waals surface area contributed by atoms with Crippen LogP contribution < -0.4 is 5.11 Å². The second-order valence-electron chi connectivity index (χ2n) is 3.36. The molecule has 0 N–H and O–H groups in total. The highest BCUT2D eigenvalue weighted by molar-refractivity contribution is 7.13. The first-order valence-corrected chi connectivity index (χ1v) is 5.85. The number of carbonyl (C=O) groups excluding carboxylic acids is 1. The average molecular weight is 211 g/mol. The van der Waals surface area contributed by atoms with E-state index in [1.807, 2.05) is 6.07 Å². The van der Waals surface area contributed by atoms with E-state index in [0.717, 1.165) is 17.7 Å². The Morgan fingerprint density at radius 2 is 2.14 bits per heavy atom. The van der Waals surface area contributed by atoms with Crippen LogP contribution in [0, 0.1) is 0 Å². The highest BCUT2D eigenvalue weighted by Crippen LogP contribution is 2.18. The average Bonchev–Trinajstić information content (AvgIpc) is 2.61. The Labute approximate surface area is 88.6 Å². The van der Waals surface area contributed by atoms with Crippen molar-refractivity contribution in [2.45, 2.75) is 39.0 Å². The summed E-state index contributed by atoms with van der Waals surface area (Å²) < 4.78 is 0. The van der Waals surface area contributed by atoms with Crippen LogP contribution >= 0.6 is 11.3 Å². The zero-order chi connectivity index (χ0) is 10.4. The van der Waals surface area contributed by atoms with Gasteiger partial charge in [-0.25, -0.2) is 0 Å². The number of hydrogen-bond acceptors (Lipinski definition) is 3. The number of rotatable bonds is 6. The van der Waals surface area contributed by atoms with E-state index in [2.05, 4.69) is 6.92 Å². The van der Waals surface area contributed by atoms with Crippen molar-refractivity contribution in [1.29, 1.82) is 0 Å². The van der Waals surface area contributed by atoms with Gasteiger partial charge in [0, 0.05) is 4.88 Å². The molecule has 0 saturated heterocycles. The molecule has 0 aliphatic heterocycles. The summed E-state index contributed by atoms with van der Waals surface area (Å²) >= 11 is 1.34. The van der Waals surface area contributed by atoms with Crippen LogP contribution in [0.3, 0.4) is 0 Å². The smallest absolute Gasteiger partial charge is 0.0815 e. The molecule has 1 aromatic rings. The molecule has 2 nitrogen and oxygen atoms in total. The number of aromatic carboxylic acids is 1. The van der Waals surface area contributed by atoms with Crippen LogP contribution in [0.2, 0.25) is 0 Å². The fraction of sp³-hybridized carbons (Fsp3) is 0.545. The zero-order valence-electron chi connectivity index (χ0n) is 8.41. The summed E-state index contributed by atoms with van der Waals surface area (Å²) in [7, 11) is 0. The van der Waals surface area contributed by atoms with Crippen molar-refractivity contribution in [1.82, 2.24) is 0 Å². The van der Waals surface area contributed by atoms with E-state index < -0.39 is 5.97 Å². The highest BCUT2D eigenvalue weighted by atomic mass is 32.1. The molecule has 0 aliphatic rings. The van der Waals surface area contributed by atoms with Gasteiger partial charge < -0.3 is 9.90 Å². The molecule has 3 heteroatoms. The Balaban J connectivity index is 2.33. The lowest BCUT2D eigenvalue weighted by Crippen LogP contribution is -2.20. The second-order valence-corrected chi connectivity index (χ2v) is 4.53. The lowest BCUT2D eigenvalue weighted by Gasteiger charge is -1.97. The van der Waals surface area contributed by atoms with Gasteiger partial charge >= 0.3 is 0 Å². The van der Waals surface area contributed by atoms with Crippen LogP contribution in [-0.4, -0.2) is 5.97 Å². The summed E-state index contributed by atoms with van der Waals surface area (Å²) in [6.45, 7) is 2.18. The van der Waals surface area contributed by atoms with Crippen molar-refractivity contribution >= 4 is 17.3 Å². The molecule has 1 aromatic heterocycles. The van der Waals surface area contributed by atoms with Crippen molar-refractivity contribution in [3.63, 3.8) is 0 Å². The van der Waals surface area contributed by atoms with E-state index in [-0.39, 0.29) is 0 Å². The Kier molecular flexibility index (Phi) is 4.66. The summed E-state index contributed by atoms with van der Waals surface area (Å²) in [5.41, 5.74) is 0. The predicted molar refractivity (Wildman–Crippen MR) is 56.5 cm³/mol. The van der Waals surface area contributed by atoms with E-state index in [4.69, 9.17) is 0 Å². The van der Waals surface area contributed by atoms with Crippen molar-refractivity contribution in [3.05, 3.63) is 21.9 Å². The minimum absolute atomic E-state index is 0.343. The third kappa shape index (κ3) is 3.50. The van der Waals surface area contributed by atoms with Crippen LogP contribution in [0.25, 0.3) is 0 Å². The highest BCUT2D eigenvalue weighted by Gasteiger charge is 2.00. The van der Waals surface area contributed by atoms with Crippen molar-refractivity contribution in [2.75, 3.05) is 0 Å². The summed E-state index contributed by atoms with van der Waals surface area (Å²) in [5.74, 6) is -1.06. The van der Waals surface area contributed by atoms with Crippen LogP contribution in [-0.2, 0) is 6.42 Å². The lowest BCUT2D eigenvalue weighted by atomic mass is 10.1. The van der Waals surface area contributed by atoms with E-state index in [1.165, 1.54) is 30.6 Å². The minimum Gasteiger partial charge on any atom is -0.544 e. The number of carbonyl (C=O) groups is 1. The number of carboxylic acid groups (broad SMARTS) is 1. The topological polar surface area (TPSA) is 40.1 Å². The van der Waals surface area contributed by atoms with Gasteiger partial charge in [-0.05, 0) is 25.0 Å². The van der Waals surface area contributed by atoms with E-state index in [9.17, 15) is 9.90 Å². The molecule has 0 saturated carbocycles. The molecule has 0 aliphatic carbocycles. The van der Waals surface area contributed by atoms with Crippen LogP contribution in [0.1, 0.15) is 47.2 Å². The normalized spacial score (nSPS) is 10.4. The second kappa shape index (κ2) is 5.81. The fourth-order valence-electron chi connectivity index (χ4n) is 1.35. The first-order chi connectivity index (χ1) is 6.74. The van der Waals surface area contributed by atoms with E-state index in [1.54, 1.807) is 6.07 Å². The Bertz CT molecular complexity index is 291. The standard InChI is InChI=1S/C11H16O2S/c1-2-3-4-5-6-9-7-8-10(14-9)11(12)13/h7-8H,2-6H2,1H3,(H,12,13)/p-1. The number of unbranched alkanes of at least 4 members (excludes halogenated alkanes) is 3. The molecule has 0 bridgehead atoms. The summed E-state index contributed by atoms with van der Waals surface area (Å²) in [4.78, 5) is 12.0. The third-order valence-corrected chi connectivity index (χ3v) is 3.26. The molecule has 0 aromatic carbocycles. The van der Waals surface area contributed by atoms with Gasteiger partial charge in [-0.2, -0.15) is 0 Å². The number of aryl methyl sites for hydroxylation is 1. The molecule has 1 heterocycles. The minimum atomic E-state index is -1.06. The molecule has 1 rings (SSSR count). The summed E-state index contributed by atoms with van der Waals surface area (Å²) in [6.07, 6.45) is 5.88. The Morgan fingerprint density at radius 1 is 1.36 bits per heavy atom. The molecule has 0 amide bonds. The Morgan fingerprint density at radius 3 is 2.71 bits per heavy atom. The molecule has 14 heavy (non-hydrogen) atoms. The lowest BCUT2D eigenvalue weighted by molar-refractivity contribution is -0.254. The summed E-state index contributed by atoms with van der Waals surface area (Å²) in [5, 5.41) is 10.5. The maximum Gasteiger partial charge on any atom is 0.0815 e. The van der Waals surface area contributed by atoms with Gasteiger partial charge in [0.05, 0.1) is 10.8 Å². The van der Waals surface area contributed by atoms with Crippen molar-refractivity contribution < 1.29 is 9.90 Å². The SMILES string of the molecule is CCCCCCc1ccc(C(=O)[O-])s1. The van der Waals surface area contributed by atoms with E-state index in [0.29, 0.717) is 4.88 Å². The Hall–Kier alpha value is -0.830. The van der Waals surface area contributed by atoms with Crippen molar-refractivity contribution in [3.8, 4) is 0 Å². The first kappa shape index (κ1) is 11.2. The maximum atomic E-state index is 10.5. The predicted octanol–water partition coefficient (Wildman–Crippen LogP) is 2.23. The van der Waals surface area contributed by atoms with Gasteiger partial charge in [-0.15, -0.1) is 11.3 Å². The van der Waals surface area contributed by atoms with Gasteiger partial charge in [0.2, 0.25) is 0 Å². The number of hydrogen-bond donors (Lipinski definition) is 0. The zero-order valence-corrected chi connectivity index (χ0v) is 9.23. The number of carboxylic acids is 1. The van der Waals surface area contributed by atoms with Gasteiger partial charge in [-0.1, -0.05) is 26.2 Å². The van der Waals surface area contributed by atoms with Gasteiger partial charge in [0.25, 0.3) is 0 Å². The first-order valence-electron chi connectivity index (χ1n) is 5.04. The van der Waals surface area contributed by atoms with Crippen molar-refractivity contribution in [2.24, 2.45) is 0 Å². The molecule has 0 fully saturated rings. The molecule has 0 unspecified atom stereocenters. The molecular formula is C11H15O2S-. The van der Waals surface area contributed by atoms with Gasteiger partial charge in [0.1, 0.15) is 0 Å². The quantitative estimate of drug-likeness (QED) is 0.677.